The summed E-state index contributed by atoms with van der Waals surface area (Å²) in [5, 5.41) is 12.3. The van der Waals surface area contributed by atoms with E-state index < -0.39 is 0 Å². The number of thiazole rings is 1. The lowest BCUT2D eigenvalue weighted by Crippen LogP contribution is -2.30. The summed E-state index contributed by atoms with van der Waals surface area (Å²) in [6.07, 6.45) is 0.879. The van der Waals surface area contributed by atoms with Gasteiger partial charge in [-0.15, -0.1) is 10.2 Å². The predicted molar refractivity (Wildman–Crippen MR) is 96.9 cm³/mol. The third-order valence-corrected chi connectivity index (χ3v) is 5.21. The summed E-state index contributed by atoms with van der Waals surface area (Å²) in [6, 6.07) is 0. The average molecular weight is 368 g/mol. The molecule has 0 aromatic carbocycles. The van der Waals surface area contributed by atoms with Gasteiger partial charge in [0.1, 0.15) is 9.88 Å². The van der Waals surface area contributed by atoms with Crippen molar-refractivity contribution in [3.05, 3.63) is 15.6 Å². The highest BCUT2D eigenvalue weighted by molar-refractivity contribution is 7.18. The topological polar surface area (TPSA) is 88.1 Å². The van der Waals surface area contributed by atoms with E-state index in [0.717, 1.165) is 11.4 Å². The van der Waals surface area contributed by atoms with E-state index in [-0.39, 0.29) is 11.8 Å². The van der Waals surface area contributed by atoms with Crippen LogP contribution in [0.1, 0.15) is 47.6 Å². The van der Waals surface area contributed by atoms with Gasteiger partial charge in [0.15, 0.2) is 5.13 Å². The van der Waals surface area contributed by atoms with Gasteiger partial charge in [0.05, 0.1) is 5.69 Å². The fraction of sp³-hybridized carbons (Fsp3) is 0.533. The van der Waals surface area contributed by atoms with E-state index in [4.69, 9.17) is 0 Å². The number of rotatable bonds is 6. The number of nitrogens with zero attached hydrogens (tertiary/aromatic N) is 4. The summed E-state index contributed by atoms with van der Waals surface area (Å²) < 4.78 is 0. The van der Waals surface area contributed by atoms with Crippen molar-refractivity contribution in [2.24, 2.45) is 5.92 Å². The molecule has 0 spiro atoms. The largest absolute Gasteiger partial charge is 0.296 e. The third kappa shape index (κ3) is 4.57. The molecule has 0 radical (unpaired) electrons. The number of aromatic nitrogens is 3. The molecule has 24 heavy (non-hydrogen) atoms. The van der Waals surface area contributed by atoms with E-state index in [1.807, 2.05) is 6.92 Å². The highest BCUT2D eigenvalue weighted by Crippen LogP contribution is 2.28. The predicted octanol–water partition coefficient (Wildman–Crippen LogP) is 3.26. The summed E-state index contributed by atoms with van der Waals surface area (Å²) in [5.74, 6) is 0.132. The molecule has 0 saturated heterocycles. The quantitative estimate of drug-likeness (QED) is 0.846. The fourth-order valence-corrected chi connectivity index (χ4v) is 3.60. The maximum absolute atomic E-state index is 12.4. The molecule has 2 aromatic rings. The molecule has 0 aliphatic carbocycles. The standard InChI is InChI=1S/C15H21N5O2S2/c1-8(2)6-7-20(11(5)21)15-16-9(3)12(24-15)13(22)17-14-19-18-10(4)23-14/h8H,6-7H2,1-5H3,(H,17,19,22). The van der Waals surface area contributed by atoms with Crippen LogP contribution in [0.5, 0.6) is 0 Å². The van der Waals surface area contributed by atoms with Crippen molar-refractivity contribution in [2.45, 2.75) is 41.0 Å². The average Bonchev–Trinajstić information content (AvgIpc) is 3.04. The molecule has 2 aromatic heterocycles. The zero-order valence-corrected chi connectivity index (χ0v) is 16.0. The summed E-state index contributed by atoms with van der Waals surface area (Å²) in [4.78, 5) is 30.8. The lowest BCUT2D eigenvalue weighted by molar-refractivity contribution is -0.116. The van der Waals surface area contributed by atoms with Crippen LogP contribution in [0.2, 0.25) is 0 Å². The van der Waals surface area contributed by atoms with Crippen LogP contribution in [-0.2, 0) is 4.79 Å². The number of carbonyl (C=O) groups excluding carboxylic acids is 2. The minimum atomic E-state index is -0.278. The van der Waals surface area contributed by atoms with E-state index in [2.05, 4.69) is 34.3 Å². The molecule has 130 valence electrons. The van der Waals surface area contributed by atoms with Crippen molar-refractivity contribution in [3.8, 4) is 0 Å². The second kappa shape index (κ2) is 7.80. The SMILES string of the molecule is CC(=O)N(CCC(C)C)c1nc(C)c(C(=O)Nc2nnc(C)s2)s1. The van der Waals surface area contributed by atoms with E-state index >= 15 is 0 Å². The highest BCUT2D eigenvalue weighted by atomic mass is 32.1. The van der Waals surface area contributed by atoms with Gasteiger partial charge in [-0.25, -0.2) is 4.98 Å². The Labute approximate surface area is 149 Å². The zero-order chi connectivity index (χ0) is 17.9. The summed E-state index contributed by atoms with van der Waals surface area (Å²) in [6.45, 7) is 9.91. The third-order valence-electron chi connectivity index (χ3n) is 3.28. The maximum Gasteiger partial charge on any atom is 0.269 e. The molecule has 7 nitrogen and oxygen atoms in total. The normalized spacial score (nSPS) is 10.9. The van der Waals surface area contributed by atoms with Crippen LogP contribution >= 0.6 is 22.7 Å². The van der Waals surface area contributed by atoms with Crippen LogP contribution in [0.4, 0.5) is 10.3 Å². The molecule has 2 amide bonds. The molecule has 0 aliphatic heterocycles. The first-order chi connectivity index (χ1) is 11.3. The molecule has 0 atom stereocenters. The zero-order valence-electron chi connectivity index (χ0n) is 14.4. The molecule has 1 N–H and O–H groups in total. The molecular formula is C15H21N5O2S2. The molecule has 0 bridgehead atoms. The molecule has 2 rings (SSSR count). The number of hydrogen-bond acceptors (Lipinski definition) is 7. The Balaban J connectivity index is 2.18. The van der Waals surface area contributed by atoms with Crippen molar-refractivity contribution in [1.82, 2.24) is 15.2 Å². The van der Waals surface area contributed by atoms with Gasteiger partial charge in [0.2, 0.25) is 11.0 Å². The summed E-state index contributed by atoms with van der Waals surface area (Å²) in [7, 11) is 0. The Morgan fingerprint density at radius 2 is 1.92 bits per heavy atom. The van der Waals surface area contributed by atoms with Gasteiger partial charge in [-0.1, -0.05) is 36.5 Å². The van der Waals surface area contributed by atoms with Gasteiger partial charge in [-0.2, -0.15) is 0 Å². The van der Waals surface area contributed by atoms with Crippen LogP contribution in [0.15, 0.2) is 0 Å². The van der Waals surface area contributed by atoms with Crippen LogP contribution in [0.25, 0.3) is 0 Å². The Hall–Kier alpha value is -1.87. The van der Waals surface area contributed by atoms with Gasteiger partial charge < -0.3 is 0 Å². The number of nitrogens with one attached hydrogen (secondary N) is 1. The Bertz CT molecular complexity index is 738. The monoisotopic (exact) mass is 367 g/mol. The number of hydrogen-bond donors (Lipinski definition) is 1. The molecule has 9 heteroatoms. The minimum absolute atomic E-state index is 0.0730. The minimum Gasteiger partial charge on any atom is -0.296 e. The van der Waals surface area contributed by atoms with Gasteiger partial charge >= 0.3 is 0 Å². The van der Waals surface area contributed by atoms with Crippen LogP contribution < -0.4 is 10.2 Å². The smallest absolute Gasteiger partial charge is 0.269 e. The first-order valence-electron chi connectivity index (χ1n) is 7.65. The van der Waals surface area contributed by atoms with Gasteiger partial charge in [-0.3, -0.25) is 19.8 Å². The van der Waals surface area contributed by atoms with Crippen LogP contribution in [0, 0.1) is 19.8 Å². The maximum atomic E-state index is 12.4. The molecule has 0 aliphatic rings. The Morgan fingerprint density at radius 1 is 1.21 bits per heavy atom. The first kappa shape index (κ1) is 18.5. The first-order valence-corrected chi connectivity index (χ1v) is 9.28. The van der Waals surface area contributed by atoms with Crippen molar-refractivity contribution in [3.63, 3.8) is 0 Å². The van der Waals surface area contributed by atoms with Crippen molar-refractivity contribution in [2.75, 3.05) is 16.8 Å². The van der Waals surface area contributed by atoms with Gasteiger partial charge in [-0.05, 0) is 26.2 Å². The fourth-order valence-electron chi connectivity index (χ4n) is 1.98. The second-order valence-electron chi connectivity index (χ2n) is 5.84. The Morgan fingerprint density at radius 3 is 2.46 bits per heavy atom. The highest BCUT2D eigenvalue weighted by Gasteiger charge is 2.22. The summed E-state index contributed by atoms with van der Waals surface area (Å²) >= 11 is 2.53. The van der Waals surface area contributed by atoms with Crippen LogP contribution in [-0.4, -0.2) is 33.5 Å². The number of carbonyl (C=O) groups is 2. The number of anilines is 2. The molecule has 2 heterocycles. The van der Waals surface area contributed by atoms with Gasteiger partial charge in [0, 0.05) is 13.5 Å². The van der Waals surface area contributed by atoms with Crippen molar-refractivity contribution < 1.29 is 9.59 Å². The van der Waals surface area contributed by atoms with E-state index in [0.29, 0.717) is 33.3 Å². The van der Waals surface area contributed by atoms with Gasteiger partial charge in [0.25, 0.3) is 5.91 Å². The van der Waals surface area contributed by atoms with Crippen molar-refractivity contribution >= 4 is 44.8 Å². The van der Waals surface area contributed by atoms with Crippen molar-refractivity contribution in [1.29, 1.82) is 0 Å². The molecular weight excluding hydrogens is 346 g/mol. The van der Waals surface area contributed by atoms with E-state index in [1.54, 1.807) is 11.8 Å². The Kier molecular flexibility index (Phi) is 6.00. The van der Waals surface area contributed by atoms with E-state index in [1.165, 1.54) is 29.6 Å². The molecule has 0 unspecified atom stereocenters. The molecule has 0 fully saturated rings. The van der Waals surface area contributed by atoms with Crippen LogP contribution in [0.3, 0.4) is 0 Å². The lowest BCUT2D eigenvalue weighted by atomic mass is 10.1. The summed E-state index contributed by atoms with van der Waals surface area (Å²) in [5.41, 5.74) is 0.601. The second-order valence-corrected chi connectivity index (χ2v) is 8.00. The van der Waals surface area contributed by atoms with E-state index in [9.17, 15) is 9.59 Å². The molecule has 0 saturated carbocycles. The number of amides is 2. The lowest BCUT2D eigenvalue weighted by Gasteiger charge is -2.18. The number of aryl methyl sites for hydroxylation is 2.